The second-order valence-corrected chi connectivity index (χ2v) is 4.17. The predicted octanol–water partition coefficient (Wildman–Crippen LogP) is 2.28. The van der Waals surface area contributed by atoms with Gasteiger partial charge in [-0.1, -0.05) is 22.0 Å². The first-order chi connectivity index (χ1) is 6.63. The SMILES string of the molecule is CC(Br)C(=O)Nc1cccc(C#N)c1. The van der Waals surface area contributed by atoms with Gasteiger partial charge in [0.05, 0.1) is 16.5 Å². The van der Waals surface area contributed by atoms with Crippen LogP contribution in [-0.4, -0.2) is 10.7 Å². The molecule has 1 aromatic rings. The quantitative estimate of drug-likeness (QED) is 0.822. The molecule has 0 spiro atoms. The van der Waals surface area contributed by atoms with Crippen molar-refractivity contribution in [1.82, 2.24) is 0 Å². The minimum Gasteiger partial charge on any atom is -0.325 e. The molecule has 0 aliphatic heterocycles. The molecule has 14 heavy (non-hydrogen) atoms. The van der Waals surface area contributed by atoms with Crippen LogP contribution in [0.5, 0.6) is 0 Å². The molecule has 72 valence electrons. The van der Waals surface area contributed by atoms with Crippen molar-refractivity contribution < 1.29 is 4.79 Å². The molecule has 0 radical (unpaired) electrons. The van der Waals surface area contributed by atoms with Crippen molar-refractivity contribution in [2.45, 2.75) is 11.8 Å². The number of alkyl halides is 1. The first-order valence-electron chi connectivity index (χ1n) is 4.08. The molecule has 1 rings (SSSR count). The summed E-state index contributed by atoms with van der Waals surface area (Å²) in [6.45, 7) is 1.74. The van der Waals surface area contributed by atoms with Gasteiger partial charge >= 0.3 is 0 Å². The summed E-state index contributed by atoms with van der Waals surface area (Å²) in [6.07, 6.45) is 0. The highest BCUT2D eigenvalue weighted by Crippen LogP contribution is 2.11. The van der Waals surface area contributed by atoms with Crippen molar-refractivity contribution in [3.8, 4) is 6.07 Å². The van der Waals surface area contributed by atoms with Crippen molar-refractivity contribution in [2.24, 2.45) is 0 Å². The number of nitriles is 1. The molecule has 0 saturated carbocycles. The van der Waals surface area contributed by atoms with E-state index in [4.69, 9.17) is 5.26 Å². The Morgan fingerprint density at radius 2 is 2.36 bits per heavy atom. The van der Waals surface area contributed by atoms with Gasteiger partial charge < -0.3 is 5.32 Å². The number of nitrogens with one attached hydrogen (secondary N) is 1. The van der Waals surface area contributed by atoms with Crippen LogP contribution in [0.15, 0.2) is 24.3 Å². The van der Waals surface area contributed by atoms with Gasteiger partial charge in [-0.15, -0.1) is 0 Å². The van der Waals surface area contributed by atoms with Crippen LogP contribution in [0.2, 0.25) is 0 Å². The average molecular weight is 253 g/mol. The molecular formula is C10H9BrN2O. The van der Waals surface area contributed by atoms with E-state index in [1.54, 1.807) is 31.2 Å². The largest absolute Gasteiger partial charge is 0.325 e. The monoisotopic (exact) mass is 252 g/mol. The molecule has 0 bridgehead atoms. The molecule has 4 heteroatoms. The molecule has 1 aromatic carbocycles. The summed E-state index contributed by atoms with van der Waals surface area (Å²) in [5, 5.41) is 11.3. The van der Waals surface area contributed by atoms with Crippen LogP contribution >= 0.6 is 15.9 Å². The number of anilines is 1. The molecule has 1 N–H and O–H groups in total. The third-order valence-corrected chi connectivity index (χ3v) is 2.04. The third kappa shape index (κ3) is 2.86. The number of carbonyl (C=O) groups is 1. The van der Waals surface area contributed by atoms with Gasteiger partial charge in [0.1, 0.15) is 0 Å². The van der Waals surface area contributed by atoms with Crippen LogP contribution in [0.25, 0.3) is 0 Å². The Kier molecular flexibility index (Phi) is 3.66. The van der Waals surface area contributed by atoms with Crippen LogP contribution in [0.4, 0.5) is 5.69 Å². The second-order valence-electron chi connectivity index (χ2n) is 2.80. The standard InChI is InChI=1S/C10H9BrN2O/c1-7(11)10(14)13-9-4-2-3-8(5-9)6-12/h2-5,7H,1H3,(H,13,14). The normalized spacial score (nSPS) is 11.5. The van der Waals surface area contributed by atoms with E-state index in [1.165, 1.54) is 0 Å². The minimum atomic E-state index is -0.242. The molecule has 0 fully saturated rings. The van der Waals surface area contributed by atoms with Crippen LogP contribution in [0, 0.1) is 11.3 Å². The van der Waals surface area contributed by atoms with E-state index < -0.39 is 0 Å². The van der Waals surface area contributed by atoms with Crippen molar-refractivity contribution in [3.63, 3.8) is 0 Å². The molecule has 1 unspecified atom stereocenters. The lowest BCUT2D eigenvalue weighted by Crippen LogP contribution is -2.19. The summed E-state index contributed by atoms with van der Waals surface area (Å²) in [6, 6.07) is 8.80. The maximum absolute atomic E-state index is 11.3. The summed E-state index contributed by atoms with van der Waals surface area (Å²) < 4.78 is 0. The van der Waals surface area contributed by atoms with Gasteiger partial charge in [-0.25, -0.2) is 0 Å². The molecule has 0 aliphatic rings. The lowest BCUT2D eigenvalue weighted by atomic mass is 10.2. The third-order valence-electron chi connectivity index (χ3n) is 1.62. The Labute approximate surface area is 90.9 Å². The van der Waals surface area contributed by atoms with Crippen molar-refractivity contribution in [2.75, 3.05) is 5.32 Å². The Morgan fingerprint density at radius 1 is 1.64 bits per heavy atom. The van der Waals surface area contributed by atoms with E-state index in [0.29, 0.717) is 11.3 Å². The summed E-state index contributed by atoms with van der Waals surface area (Å²) in [5.74, 6) is -0.125. The van der Waals surface area contributed by atoms with Crippen LogP contribution < -0.4 is 5.32 Å². The van der Waals surface area contributed by atoms with Crippen molar-refractivity contribution in [1.29, 1.82) is 5.26 Å². The first kappa shape index (κ1) is 10.7. The zero-order valence-corrected chi connectivity index (χ0v) is 9.21. The number of benzene rings is 1. The second kappa shape index (κ2) is 4.77. The average Bonchev–Trinajstić information content (AvgIpc) is 2.18. The molecule has 1 atom stereocenters. The van der Waals surface area contributed by atoms with E-state index in [1.807, 2.05) is 6.07 Å². The summed E-state index contributed by atoms with van der Waals surface area (Å²) >= 11 is 3.16. The van der Waals surface area contributed by atoms with Crippen LogP contribution in [0.1, 0.15) is 12.5 Å². The Balaban J connectivity index is 2.78. The maximum atomic E-state index is 11.3. The van der Waals surface area contributed by atoms with Crippen LogP contribution in [-0.2, 0) is 4.79 Å². The van der Waals surface area contributed by atoms with Crippen molar-refractivity contribution in [3.05, 3.63) is 29.8 Å². The van der Waals surface area contributed by atoms with Crippen LogP contribution in [0.3, 0.4) is 0 Å². The smallest absolute Gasteiger partial charge is 0.237 e. The number of rotatable bonds is 2. The number of halogens is 1. The number of hydrogen-bond acceptors (Lipinski definition) is 2. The fourth-order valence-corrected chi connectivity index (χ4v) is 1.02. The zero-order chi connectivity index (χ0) is 10.6. The number of nitrogens with zero attached hydrogens (tertiary/aromatic N) is 1. The van der Waals surface area contributed by atoms with Gasteiger partial charge in [0, 0.05) is 5.69 Å². The highest BCUT2D eigenvalue weighted by molar-refractivity contribution is 9.10. The molecule has 0 aromatic heterocycles. The predicted molar refractivity (Wildman–Crippen MR) is 58.2 cm³/mol. The van der Waals surface area contributed by atoms with Gasteiger partial charge in [-0.2, -0.15) is 5.26 Å². The minimum absolute atomic E-state index is 0.125. The van der Waals surface area contributed by atoms with E-state index in [2.05, 4.69) is 21.2 Å². The fraction of sp³-hybridized carbons (Fsp3) is 0.200. The van der Waals surface area contributed by atoms with E-state index >= 15 is 0 Å². The fourth-order valence-electron chi connectivity index (χ4n) is 0.908. The number of amides is 1. The molecular weight excluding hydrogens is 244 g/mol. The van der Waals surface area contributed by atoms with Gasteiger partial charge in [-0.05, 0) is 25.1 Å². The Hall–Kier alpha value is -1.34. The Bertz CT molecular complexity index is 382. The molecule has 0 aliphatic carbocycles. The molecule has 0 heterocycles. The summed E-state index contributed by atoms with van der Waals surface area (Å²) in [7, 11) is 0. The highest BCUT2D eigenvalue weighted by Gasteiger charge is 2.08. The molecule has 1 amide bonds. The lowest BCUT2D eigenvalue weighted by Gasteiger charge is -2.06. The Morgan fingerprint density at radius 3 is 2.93 bits per heavy atom. The highest BCUT2D eigenvalue weighted by atomic mass is 79.9. The maximum Gasteiger partial charge on any atom is 0.237 e. The van der Waals surface area contributed by atoms with Gasteiger partial charge in [-0.3, -0.25) is 4.79 Å². The molecule has 3 nitrogen and oxygen atoms in total. The van der Waals surface area contributed by atoms with Gasteiger partial charge in [0.2, 0.25) is 5.91 Å². The number of hydrogen-bond donors (Lipinski definition) is 1. The lowest BCUT2D eigenvalue weighted by molar-refractivity contribution is -0.115. The molecule has 0 saturated heterocycles. The number of carbonyl (C=O) groups excluding carboxylic acids is 1. The first-order valence-corrected chi connectivity index (χ1v) is 5.00. The zero-order valence-electron chi connectivity index (χ0n) is 7.62. The van der Waals surface area contributed by atoms with Crippen molar-refractivity contribution >= 4 is 27.5 Å². The van der Waals surface area contributed by atoms with E-state index in [-0.39, 0.29) is 10.7 Å². The van der Waals surface area contributed by atoms with E-state index in [9.17, 15) is 4.79 Å². The topological polar surface area (TPSA) is 52.9 Å². The van der Waals surface area contributed by atoms with E-state index in [0.717, 1.165) is 0 Å². The summed E-state index contributed by atoms with van der Waals surface area (Å²) in [4.78, 5) is 11.0. The van der Waals surface area contributed by atoms with Gasteiger partial charge in [0.15, 0.2) is 0 Å². The summed E-state index contributed by atoms with van der Waals surface area (Å²) in [5.41, 5.74) is 1.17. The van der Waals surface area contributed by atoms with Gasteiger partial charge in [0.25, 0.3) is 0 Å².